The maximum absolute atomic E-state index is 14.2. The van der Waals surface area contributed by atoms with Gasteiger partial charge in [0, 0.05) is 76.7 Å². The highest BCUT2D eigenvalue weighted by atomic mass is 16.3. The summed E-state index contributed by atoms with van der Waals surface area (Å²) in [5.41, 5.74) is 6.46. The number of anilines is 2. The molecule has 48 heavy (non-hydrogen) atoms. The van der Waals surface area contributed by atoms with Crippen molar-refractivity contribution in [2.45, 2.75) is 39.5 Å². The van der Waals surface area contributed by atoms with Gasteiger partial charge in [-0.1, -0.05) is 42.2 Å². The summed E-state index contributed by atoms with van der Waals surface area (Å²) >= 11 is 0. The van der Waals surface area contributed by atoms with Crippen molar-refractivity contribution in [3.63, 3.8) is 0 Å². The van der Waals surface area contributed by atoms with E-state index in [1.807, 2.05) is 50.3 Å². The third-order valence-electron chi connectivity index (χ3n) is 9.58. The van der Waals surface area contributed by atoms with Crippen molar-refractivity contribution in [2.24, 2.45) is 0 Å². The molecule has 2 aliphatic heterocycles. The van der Waals surface area contributed by atoms with Crippen molar-refractivity contribution >= 4 is 40.3 Å². The molecule has 0 aromatic heterocycles. The fraction of sp³-hybridized carbons (Fsp3) is 0.250. The van der Waals surface area contributed by atoms with E-state index in [4.69, 9.17) is 0 Å². The molecule has 8 heteroatoms. The molecule has 3 aromatic carbocycles. The molecule has 2 amide bonds. The molecule has 0 unspecified atom stereocenters. The number of carbonyl (C=O) groups is 3. The quantitative estimate of drug-likeness (QED) is 0.281. The third kappa shape index (κ3) is 5.79. The zero-order valence-electron chi connectivity index (χ0n) is 27.3. The summed E-state index contributed by atoms with van der Waals surface area (Å²) in [7, 11) is 0. The van der Waals surface area contributed by atoms with E-state index in [0.717, 1.165) is 74.4 Å². The van der Waals surface area contributed by atoms with Crippen LogP contribution in [-0.2, 0) is 4.79 Å². The molecule has 0 radical (unpaired) electrons. The molecular formula is C40H38N4O4. The molecule has 0 bridgehead atoms. The number of hydrogen-bond acceptors (Lipinski definition) is 5. The van der Waals surface area contributed by atoms with Gasteiger partial charge in [-0.25, -0.2) is 4.58 Å². The lowest BCUT2D eigenvalue weighted by Gasteiger charge is -2.35. The van der Waals surface area contributed by atoms with E-state index in [9.17, 15) is 19.5 Å². The molecule has 7 rings (SSSR count). The standard InChI is InChI=1S/C40H38N4O4/c1-25-21-29(31(23-33(25)43-17-9-10-18-43)41-39(47)27-13-5-3-6-14-27)35-37(45)36(38(35)46)30-22-26(2)34(44-19-11-12-20-44)24-32(30)42-40(48)28-15-7-4-8-16-28/h3-8,13-16,21-24H,9-12,17-20H2,1-2H3,(H2,41,42,45,46,47,48). The molecular weight excluding hydrogens is 600 g/mol. The van der Waals surface area contributed by atoms with E-state index in [-0.39, 0.29) is 23.0 Å². The zero-order chi connectivity index (χ0) is 33.4. The maximum atomic E-state index is 14.2. The Morgan fingerprint density at radius 3 is 1.98 bits per heavy atom. The first-order valence-electron chi connectivity index (χ1n) is 16.7. The van der Waals surface area contributed by atoms with E-state index in [2.05, 4.69) is 20.1 Å². The smallest absolute Gasteiger partial charge is 0.255 e. The number of nitrogens with zero attached hydrogens (tertiary/aromatic N) is 2. The van der Waals surface area contributed by atoms with Crippen LogP contribution in [0.3, 0.4) is 0 Å². The number of aryl methyl sites for hydroxylation is 1. The van der Waals surface area contributed by atoms with Gasteiger partial charge in [0.2, 0.25) is 5.71 Å². The molecule has 8 nitrogen and oxygen atoms in total. The minimum absolute atomic E-state index is 0.0334. The Morgan fingerprint density at radius 2 is 1.38 bits per heavy atom. The second kappa shape index (κ2) is 13.0. The van der Waals surface area contributed by atoms with E-state index < -0.39 is 11.5 Å². The molecule has 0 saturated carbocycles. The van der Waals surface area contributed by atoms with Gasteiger partial charge in [-0.3, -0.25) is 14.4 Å². The Hall–Kier alpha value is -5.50. The number of carbonyl (C=O) groups excluding carboxylic acids is 3. The zero-order valence-corrected chi connectivity index (χ0v) is 27.3. The van der Waals surface area contributed by atoms with Crippen LogP contribution in [0.1, 0.15) is 64.4 Å². The second-order valence-electron chi connectivity index (χ2n) is 12.8. The number of allylic oxidation sites excluding steroid dienone is 5. The van der Waals surface area contributed by atoms with Crippen LogP contribution < -0.4 is 20.6 Å². The number of nitrogens with one attached hydrogen (secondary N) is 2. The second-order valence-corrected chi connectivity index (χ2v) is 12.8. The Labute approximate surface area is 280 Å². The molecule has 0 atom stereocenters. The number of rotatable bonds is 6. The number of hydrogen-bond donors (Lipinski definition) is 2. The molecule has 2 N–H and O–H groups in total. The molecule has 2 saturated heterocycles. The first kappa shape index (κ1) is 31.1. The molecule has 242 valence electrons. The van der Waals surface area contributed by atoms with Gasteiger partial charge in [0.05, 0.1) is 11.4 Å². The van der Waals surface area contributed by atoms with Gasteiger partial charge >= 0.3 is 0 Å². The highest BCUT2D eigenvalue weighted by molar-refractivity contribution is 6.40. The highest BCUT2D eigenvalue weighted by Crippen LogP contribution is 2.44. The molecule has 4 aliphatic rings. The summed E-state index contributed by atoms with van der Waals surface area (Å²) in [6, 6.07) is 21.5. The predicted molar refractivity (Wildman–Crippen MR) is 186 cm³/mol. The summed E-state index contributed by atoms with van der Waals surface area (Å²) in [6.07, 6.45) is 8.06. The van der Waals surface area contributed by atoms with Crippen LogP contribution in [-0.4, -0.2) is 54.1 Å². The molecule has 0 spiro atoms. The summed E-state index contributed by atoms with van der Waals surface area (Å²) < 4.78 is 2.27. The Balaban J connectivity index is 1.32. The van der Waals surface area contributed by atoms with Crippen molar-refractivity contribution in [1.29, 1.82) is 0 Å². The first-order chi connectivity index (χ1) is 23.3. The molecule has 2 aliphatic carbocycles. The summed E-state index contributed by atoms with van der Waals surface area (Å²) in [5, 5.41) is 20.2. The van der Waals surface area contributed by atoms with Gasteiger partial charge in [-0.05, 0) is 74.7 Å². The lowest BCUT2D eigenvalue weighted by Crippen LogP contribution is -2.35. The van der Waals surface area contributed by atoms with Crippen LogP contribution in [0.25, 0.3) is 5.57 Å². The van der Waals surface area contributed by atoms with Crippen LogP contribution in [0.4, 0.5) is 11.4 Å². The van der Waals surface area contributed by atoms with E-state index in [0.29, 0.717) is 33.6 Å². The van der Waals surface area contributed by atoms with Gasteiger partial charge < -0.3 is 20.6 Å². The number of amides is 2. The monoisotopic (exact) mass is 638 g/mol. The van der Waals surface area contributed by atoms with Crippen LogP contribution in [0, 0.1) is 6.92 Å². The largest absolute Gasteiger partial charge is 0.871 e. The van der Waals surface area contributed by atoms with Crippen LogP contribution in [0.5, 0.6) is 0 Å². The topological polar surface area (TPSA) is 105 Å². The van der Waals surface area contributed by atoms with E-state index in [1.165, 1.54) is 0 Å². The lowest BCUT2D eigenvalue weighted by atomic mass is 9.77. The summed E-state index contributed by atoms with van der Waals surface area (Å²) in [6.45, 7) is 7.56. The molecule has 3 aromatic rings. The van der Waals surface area contributed by atoms with Crippen LogP contribution in [0.15, 0.2) is 113 Å². The SMILES string of the molecule is CC1=C/C(=C2/C(=O)C(c3cc(C)c(N4CCCC4)cc3NC(=O)c3ccccc3)=C2[O-])C(NC(=O)c2ccccc2)=CC1=[N+]1CCCC1. The fourth-order valence-corrected chi connectivity index (χ4v) is 7.06. The number of ketones is 1. The maximum Gasteiger partial charge on any atom is 0.255 e. The summed E-state index contributed by atoms with van der Waals surface area (Å²) in [4.78, 5) is 43.1. The molecule has 2 heterocycles. The number of benzene rings is 3. The fourth-order valence-electron chi connectivity index (χ4n) is 7.06. The van der Waals surface area contributed by atoms with Crippen molar-refractivity contribution in [1.82, 2.24) is 5.32 Å². The lowest BCUT2D eigenvalue weighted by molar-refractivity contribution is -0.504. The molecule has 2 fully saturated rings. The van der Waals surface area contributed by atoms with Crippen molar-refractivity contribution in [3.05, 3.63) is 135 Å². The third-order valence-corrected chi connectivity index (χ3v) is 9.58. The minimum Gasteiger partial charge on any atom is -0.871 e. The minimum atomic E-state index is -0.410. The summed E-state index contributed by atoms with van der Waals surface area (Å²) in [5.74, 6) is -1.47. The normalized spacial score (nSPS) is 19.3. The van der Waals surface area contributed by atoms with Crippen molar-refractivity contribution < 1.29 is 24.1 Å². The average molecular weight is 639 g/mol. The predicted octanol–water partition coefficient (Wildman–Crippen LogP) is 5.32. The van der Waals surface area contributed by atoms with Gasteiger partial charge in [0.25, 0.3) is 11.8 Å². The van der Waals surface area contributed by atoms with Crippen molar-refractivity contribution in [3.8, 4) is 0 Å². The van der Waals surface area contributed by atoms with E-state index in [1.54, 1.807) is 48.5 Å². The number of Topliss-reactive ketones (excluding diaryl/α,β-unsaturated/α-hetero) is 1. The van der Waals surface area contributed by atoms with Gasteiger partial charge in [-0.2, -0.15) is 0 Å². The first-order valence-corrected chi connectivity index (χ1v) is 16.7. The Bertz CT molecular complexity index is 1990. The van der Waals surface area contributed by atoms with E-state index >= 15 is 0 Å². The van der Waals surface area contributed by atoms with Crippen LogP contribution in [0.2, 0.25) is 0 Å². The average Bonchev–Trinajstić information content (AvgIpc) is 3.84. The van der Waals surface area contributed by atoms with Crippen molar-refractivity contribution in [2.75, 3.05) is 36.4 Å². The van der Waals surface area contributed by atoms with Crippen LogP contribution >= 0.6 is 0 Å². The van der Waals surface area contributed by atoms with Gasteiger partial charge in [0.15, 0.2) is 5.78 Å². The Kier molecular flexibility index (Phi) is 8.40. The van der Waals surface area contributed by atoms with Gasteiger partial charge in [0.1, 0.15) is 13.1 Å². The van der Waals surface area contributed by atoms with Gasteiger partial charge in [-0.15, -0.1) is 0 Å². The highest BCUT2D eigenvalue weighted by Gasteiger charge is 2.36. The Morgan fingerprint density at radius 1 is 0.771 bits per heavy atom.